The van der Waals surface area contributed by atoms with Crippen molar-refractivity contribution in [3.63, 3.8) is 0 Å². The molecule has 1 aliphatic rings. The molecule has 1 aromatic rings. The Balaban J connectivity index is 1.73. The Morgan fingerprint density at radius 1 is 1.29 bits per heavy atom. The largest absolute Gasteiger partial charge is 0.444 e. The highest BCUT2D eigenvalue weighted by molar-refractivity contribution is 6.30. The molecule has 0 radical (unpaired) electrons. The van der Waals surface area contributed by atoms with E-state index in [0.717, 1.165) is 5.56 Å². The smallest absolute Gasteiger partial charge is 0.410 e. The van der Waals surface area contributed by atoms with Gasteiger partial charge >= 0.3 is 6.09 Å². The van der Waals surface area contributed by atoms with Gasteiger partial charge in [0.1, 0.15) is 5.60 Å². The summed E-state index contributed by atoms with van der Waals surface area (Å²) in [7, 11) is 0. The Morgan fingerprint density at radius 2 is 1.88 bits per heavy atom. The Bertz CT molecular complexity index is 589. The van der Waals surface area contributed by atoms with Gasteiger partial charge in [0.25, 0.3) is 0 Å². The second kappa shape index (κ2) is 7.43. The fourth-order valence-electron chi connectivity index (χ4n) is 2.57. The summed E-state index contributed by atoms with van der Waals surface area (Å²) in [5.74, 6) is 0.182. The number of hydrogen-bond acceptors (Lipinski definition) is 3. The van der Waals surface area contributed by atoms with Gasteiger partial charge in [-0.15, -0.1) is 0 Å². The van der Waals surface area contributed by atoms with Crippen LogP contribution in [0.4, 0.5) is 4.79 Å². The van der Waals surface area contributed by atoms with E-state index in [0.29, 0.717) is 24.5 Å². The molecule has 0 bridgehead atoms. The van der Waals surface area contributed by atoms with E-state index >= 15 is 0 Å². The molecule has 6 heteroatoms. The van der Waals surface area contributed by atoms with Gasteiger partial charge in [0.05, 0.1) is 6.04 Å². The first-order valence-corrected chi connectivity index (χ1v) is 8.54. The summed E-state index contributed by atoms with van der Waals surface area (Å²) in [6.07, 6.45) is 0.103. The van der Waals surface area contributed by atoms with Crippen LogP contribution in [0.3, 0.4) is 0 Å². The molecule has 2 amide bonds. The van der Waals surface area contributed by atoms with Gasteiger partial charge in [0, 0.05) is 30.5 Å². The van der Waals surface area contributed by atoms with Gasteiger partial charge in [-0.25, -0.2) is 4.79 Å². The first-order chi connectivity index (χ1) is 11.1. The van der Waals surface area contributed by atoms with Crippen LogP contribution in [0.5, 0.6) is 0 Å². The zero-order chi connectivity index (χ0) is 17.9. The second-order valence-corrected chi connectivity index (χ2v) is 7.73. The fourth-order valence-corrected chi connectivity index (χ4v) is 2.70. The lowest BCUT2D eigenvalue weighted by Crippen LogP contribution is -2.52. The molecule has 0 aromatic heterocycles. The fraction of sp³-hybridized carbons (Fsp3) is 0.556. The minimum Gasteiger partial charge on any atom is -0.444 e. The van der Waals surface area contributed by atoms with E-state index in [2.05, 4.69) is 5.32 Å². The van der Waals surface area contributed by atoms with E-state index in [1.807, 2.05) is 52.0 Å². The van der Waals surface area contributed by atoms with E-state index in [1.54, 1.807) is 4.90 Å². The molecule has 1 saturated heterocycles. The minimum absolute atomic E-state index is 0.00807. The first-order valence-electron chi connectivity index (χ1n) is 8.17. The van der Waals surface area contributed by atoms with Crippen LogP contribution in [0.2, 0.25) is 5.02 Å². The number of rotatable bonds is 4. The highest BCUT2D eigenvalue weighted by Crippen LogP contribution is 2.23. The van der Waals surface area contributed by atoms with E-state index in [9.17, 15) is 9.59 Å². The summed E-state index contributed by atoms with van der Waals surface area (Å²) in [6, 6.07) is 7.35. The van der Waals surface area contributed by atoms with E-state index in [1.165, 1.54) is 0 Å². The molecule has 1 fully saturated rings. The number of benzene rings is 1. The molecule has 0 aliphatic carbocycles. The molecular formula is C18H25ClN2O3. The number of nitrogens with one attached hydrogen (secondary N) is 1. The van der Waals surface area contributed by atoms with Gasteiger partial charge < -0.3 is 15.0 Å². The molecule has 0 unspecified atom stereocenters. The molecule has 5 nitrogen and oxygen atoms in total. The average Bonchev–Trinajstić information content (AvgIpc) is 2.40. The number of hydrogen-bond donors (Lipinski definition) is 1. The van der Waals surface area contributed by atoms with Crippen molar-refractivity contribution in [2.24, 2.45) is 5.92 Å². The van der Waals surface area contributed by atoms with Crippen molar-refractivity contribution in [3.8, 4) is 0 Å². The number of likely N-dealkylation sites (tertiary alicyclic amines) is 1. The van der Waals surface area contributed by atoms with Crippen molar-refractivity contribution in [2.45, 2.75) is 45.8 Å². The number of ether oxygens (including phenoxy) is 1. The molecular weight excluding hydrogens is 328 g/mol. The zero-order valence-corrected chi connectivity index (χ0v) is 15.4. The van der Waals surface area contributed by atoms with Crippen molar-refractivity contribution in [1.82, 2.24) is 10.2 Å². The maximum atomic E-state index is 12.1. The number of carbonyl (C=O) groups is 2. The minimum atomic E-state index is -0.493. The lowest BCUT2D eigenvalue weighted by molar-refractivity contribution is -0.124. The summed E-state index contributed by atoms with van der Waals surface area (Å²) in [6.45, 7) is 8.60. The molecule has 1 aromatic carbocycles. The standard InChI is InChI=1S/C18H25ClN2O3/c1-12(14-5-7-15(19)8-6-14)20-16(22)9-13-10-21(11-13)17(23)24-18(2,3)4/h5-8,12-13H,9-11H2,1-4H3,(H,20,22)/t12-/m0/s1. The predicted octanol–water partition coefficient (Wildman–Crippen LogP) is 3.77. The maximum absolute atomic E-state index is 12.1. The van der Waals surface area contributed by atoms with Crippen molar-refractivity contribution in [1.29, 1.82) is 0 Å². The number of halogens is 1. The van der Waals surface area contributed by atoms with E-state index in [4.69, 9.17) is 16.3 Å². The molecule has 1 heterocycles. The van der Waals surface area contributed by atoms with Gasteiger partial charge in [0.2, 0.25) is 5.91 Å². The second-order valence-electron chi connectivity index (χ2n) is 7.30. The van der Waals surface area contributed by atoms with Crippen molar-refractivity contribution in [2.75, 3.05) is 13.1 Å². The number of amides is 2. The predicted molar refractivity (Wildman–Crippen MR) is 93.9 cm³/mol. The van der Waals surface area contributed by atoms with Crippen molar-refractivity contribution < 1.29 is 14.3 Å². The molecule has 132 valence electrons. The summed E-state index contributed by atoms with van der Waals surface area (Å²) >= 11 is 5.87. The van der Waals surface area contributed by atoms with Gasteiger partial charge in [-0.1, -0.05) is 23.7 Å². The van der Waals surface area contributed by atoms with Gasteiger partial charge in [-0.2, -0.15) is 0 Å². The summed E-state index contributed by atoms with van der Waals surface area (Å²) < 4.78 is 5.30. The zero-order valence-electron chi connectivity index (χ0n) is 14.6. The van der Waals surface area contributed by atoms with Crippen LogP contribution in [-0.4, -0.2) is 35.6 Å². The lowest BCUT2D eigenvalue weighted by Gasteiger charge is -2.39. The van der Waals surface area contributed by atoms with E-state index < -0.39 is 5.60 Å². The Labute approximate surface area is 148 Å². The molecule has 1 atom stereocenters. The molecule has 1 aliphatic heterocycles. The van der Waals surface area contributed by atoms with Crippen molar-refractivity contribution >= 4 is 23.6 Å². The van der Waals surface area contributed by atoms with Crippen LogP contribution < -0.4 is 5.32 Å². The third kappa shape index (κ3) is 5.41. The third-order valence-electron chi connectivity index (χ3n) is 3.83. The Morgan fingerprint density at radius 3 is 2.42 bits per heavy atom. The molecule has 0 spiro atoms. The summed E-state index contributed by atoms with van der Waals surface area (Å²) in [5, 5.41) is 3.66. The van der Waals surface area contributed by atoms with Crippen LogP contribution >= 0.6 is 11.6 Å². The topological polar surface area (TPSA) is 58.6 Å². The highest BCUT2D eigenvalue weighted by atomic mass is 35.5. The van der Waals surface area contributed by atoms with Gasteiger partial charge in [0.15, 0.2) is 0 Å². The average molecular weight is 353 g/mol. The third-order valence-corrected chi connectivity index (χ3v) is 4.08. The Kier molecular flexibility index (Phi) is 5.75. The number of carbonyl (C=O) groups excluding carboxylic acids is 2. The summed E-state index contributed by atoms with van der Waals surface area (Å²) in [4.78, 5) is 25.6. The van der Waals surface area contributed by atoms with Crippen LogP contribution in [0.25, 0.3) is 0 Å². The quantitative estimate of drug-likeness (QED) is 0.897. The van der Waals surface area contributed by atoms with E-state index in [-0.39, 0.29) is 24.0 Å². The van der Waals surface area contributed by atoms with Gasteiger partial charge in [-0.05, 0) is 45.4 Å². The van der Waals surface area contributed by atoms with Crippen LogP contribution in [-0.2, 0) is 9.53 Å². The van der Waals surface area contributed by atoms with Crippen molar-refractivity contribution in [3.05, 3.63) is 34.9 Å². The molecule has 0 saturated carbocycles. The molecule has 1 N–H and O–H groups in total. The lowest BCUT2D eigenvalue weighted by atomic mass is 9.96. The molecule has 24 heavy (non-hydrogen) atoms. The van der Waals surface area contributed by atoms with Crippen LogP contribution in [0, 0.1) is 5.92 Å². The van der Waals surface area contributed by atoms with Gasteiger partial charge in [-0.3, -0.25) is 4.79 Å². The summed E-state index contributed by atoms with van der Waals surface area (Å²) in [5.41, 5.74) is 0.518. The first kappa shape index (κ1) is 18.6. The Hall–Kier alpha value is -1.75. The highest BCUT2D eigenvalue weighted by Gasteiger charge is 2.34. The van der Waals surface area contributed by atoms with Crippen LogP contribution in [0.1, 0.15) is 45.7 Å². The normalized spacial score (nSPS) is 16.3. The maximum Gasteiger partial charge on any atom is 0.410 e. The SMILES string of the molecule is C[C@H](NC(=O)CC1CN(C(=O)OC(C)(C)C)C1)c1ccc(Cl)cc1. The monoisotopic (exact) mass is 352 g/mol. The number of nitrogens with zero attached hydrogens (tertiary/aromatic N) is 1. The molecule has 2 rings (SSSR count). The van der Waals surface area contributed by atoms with Crippen LogP contribution in [0.15, 0.2) is 24.3 Å².